The van der Waals surface area contributed by atoms with Crippen LogP contribution in [0.4, 0.5) is 4.39 Å². The number of halogens is 3. The fraction of sp³-hybridized carbons (Fsp3) is 0.529. The van der Waals surface area contributed by atoms with Crippen LogP contribution in [0.15, 0.2) is 18.2 Å². The van der Waals surface area contributed by atoms with Gasteiger partial charge in [0.15, 0.2) is 5.82 Å². The molecule has 2 N–H and O–H groups in total. The second-order valence-corrected chi connectivity index (χ2v) is 6.19. The molecule has 8 heteroatoms. The maximum atomic E-state index is 13.7. The van der Waals surface area contributed by atoms with E-state index in [-0.39, 0.29) is 36.5 Å². The topological polar surface area (TPSA) is 59.0 Å². The van der Waals surface area contributed by atoms with Crippen LogP contribution in [0.5, 0.6) is 0 Å². The summed E-state index contributed by atoms with van der Waals surface area (Å²) in [7, 11) is 1.87. The van der Waals surface area contributed by atoms with Crippen molar-refractivity contribution < 1.29 is 9.18 Å². The van der Waals surface area contributed by atoms with E-state index in [4.69, 9.17) is 0 Å². The summed E-state index contributed by atoms with van der Waals surface area (Å²) in [6, 6.07) is 4.95. The van der Waals surface area contributed by atoms with Crippen molar-refractivity contribution in [2.75, 3.05) is 19.6 Å². The third-order valence-corrected chi connectivity index (χ3v) is 4.57. The molecule has 0 saturated carbocycles. The van der Waals surface area contributed by atoms with Gasteiger partial charge in [-0.15, -0.1) is 24.8 Å². The standard InChI is InChI=1S/C17H23FN4O.2ClH/c1-22-14-4-2-3-13(18)17(14)21-15(22)8-10-20-16(23)6-5-12-7-9-19-11-12;;/h2-4,12,19H,5-11H2,1H3,(H,20,23);2*1H. The number of aryl methyl sites for hydroxylation is 1. The van der Waals surface area contributed by atoms with Gasteiger partial charge < -0.3 is 15.2 Å². The van der Waals surface area contributed by atoms with Crippen LogP contribution < -0.4 is 10.6 Å². The van der Waals surface area contributed by atoms with Gasteiger partial charge in [-0.1, -0.05) is 6.07 Å². The molecule has 1 atom stereocenters. The van der Waals surface area contributed by atoms with E-state index in [9.17, 15) is 9.18 Å². The second kappa shape index (κ2) is 9.94. The Morgan fingerprint density at radius 2 is 2.24 bits per heavy atom. The van der Waals surface area contributed by atoms with Crippen LogP contribution in [0.2, 0.25) is 0 Å². The lowest BCUT2D eigenvalue weighted by atomic mass is 10.0. The number of amides is 1. The number of imidazole rings is 1. The maximum absolute atomic E-state index is 13.7. The number of hydrogen-bond acceptors (Lipinski definition) is 3. The van der Waals surface area contributed by atoms with Crippen LogP contribution in [0, 0.1) is 11.7 Å². The highest BCUT2D eigenvalue weighted by Gasteiger charge is 2.16. The molecule has 1 aliphatic rings. The summed E-state index contributed by atoms with van der Waals surface area (Å²) < 4.78 is 15.6. The fourth-order valence-corrected chi connectivity index (χ4v) is 3.15. The predicted molar refractivity (Wildman–Crippen MR) is 102 cm³/mol. The van der Waals surface area contributed by atoms with Crippen molar-refractivity contribution in [3.8, 4) is 0 Å². The van der Waals surface area contributed by atoms with Gasteiger partial charge in [0.25, 0.3) is 0 Å². The summed E-state index contributed by atoms with van der Waals surface area (Å²) >= 11 is 0. The number of aromatic nitrogens is 2. The minimum absolute atomic E-state index is 0. The molecule has 1 saturated heterocycles. The van der Waals surface area contributed by atoms with E-state index in [1.54, 1.807) is 6.07 Å². The zero-order valence-electron chi connectivity index (χ0n) is 14.3. The molecule has 0 radical (unpaired) electrons. The number of hydrogen-bond donors (Lipinski definition) is 2. The first-order valence-corrected chi connectivity index (χ1v) is 8.22. The Hall–Kier alpha value is -1.37. The molecule has 25 heavy (non-hydrogen) atoms. The molecule has 1 aliphatic heterocycles. The fourth-order valence-electron chi connectivity index (χ4n) is 3.15. The van der Waals surface area contributed by atoms with Crippen LogP contribution in [-0.2, 0) is 18.3 Å². The van der Waals surface area contributed by atoms with Crippen molar-refractivity contribution in [3.05, 3.63) is 29.8 Å². The molecule has 1 amide bonds. The molecule has 1 unspecified atom stereocenters. The van der Waals surface area contributed by atoms with E-state index in [1.165, 1.54) is 12.5 Å². The minimum Gasteiger partial charge on any atom is -0.356 e. The smallest absolute Gasteiger partial charge is 0.220 e. The van der Waals surface area contributed by atoms with Gasteiger partial charge in [0.2, 0.25) is 5.91 Å². The third kappa shape index (κ3) is 5.30. The number of fused-ring (bicyclic) bond motifs is 1. The van der Waals surface area contributed by atoms with Crippen molar-refractivity contribution in [1.29, 1.82) is 0 Å². The van der Waals surface area contributed by atoms with Crippen LogP contribution >= 0.6 is 24.8 Å². The molecule has 0 bridgehead atoms. The molecule has 3 rings (SSSR count). The highest BCUT2D eigenvalue weighted by atomic mass is 35.5. The summed E-state index contributed by atoms with van der Waals surface area (Å²) in [5.41, 5.74) is 1.17. The van der Waals surface area contributed by atoms with Crippen molar-refractivity contribution in [3.63, 3.8) is 0 Å². The van der Waals surface area contributed by atoms with E-state index in [0.29, 0.717) is 30.8 Å². The van der Waals surface area contributed by atoms with Crippen LogP contribution in [-0.4, -0.2) is 35.1 Å². The van der Waals surface area contributed by atoms with Crippen LogP contribution in [0.25, 0.3) is 11.0 Å². The van der Waals surface area contributed by atoms with Crippen molar-refractivity contribution in [1.82, 2.24) is 20.2 Å². The maximum Gasteiger partial charge on any atom is 0.220 e. The normalized spacial score (nSPS) is 16.3. The molecule has 2 heterocycles. The summed E-state index contributed by atoms with van der Waals surface area (Å²) in [4.78, 5) is 16.2. The Morgan fingerprint density at radius 1 is 1.44 bits per heavy atom. The zero-order chi connectivity index (χ0) is 16.2. The number of nitrogens with one attached hydrogen (secondary N) is 2. The van der Waals surface area contributed by atoms with Gasteiger partial charge in [0.05, 0.1) is 5.52 Å². The Balaban J connectivity index is 0.00000156. The van der Waals surface area contributed by atoms with Crippen LogP contribution in [0.3, 0.4) is 0 Å². The molecule has 5 nitrogen and oxygen atoms in total. The lowest BCUT2D eigenvalue weighted by molar-refractivity contribution is -0.121. The molecule has 2 aromatic rings. The number of rotatable bonds is 6. The Kier molecular flexibility index (Phi) is 8.62. The molecule has 0 aliphatic carbocycles. The van der Waals surface area contributed by atoms with E-state index in [1.807, 2.05) is 17.7 Å². The van der Waals surface area contributed by atoms with E-state index < -0.39 is 0 Å². The van der Waals surface area contributed by atoms with Crippen molar-refractivity contribution >= 4 is 41.8 Å². The third-order valence-electron chi connectivity index (χ3n) is 4.57. The van der Waals surface area contributed by atoms with E-state index in [0.717, 1.165) is 30.9 Å². The molecule has 0 spiro atoms. The summed E-state index contributed by atoms with van der Waals surface area (Å²) in [5, 5.41) is 6.25. The number of carbonyl (C=O) groups is 1. The Bertz CT molecular complexity index is 701. The van der Waals surface area contributed by atoms with Crippen molar-refractivity contribution in [2.24, 2.45) is 13.0 Å². The average Bonchev–Trinajstić information content (AvgIpc) is 3.16. The quantitative estimate of drug-likeness (QED) is 0.796. The lowest BCUT2D eigenvalue weighted by Gasteiger charge is -2.08. The summed E-state index contributed by atoms with van der Waals surface area (Å²) in [5.74, 6) is 1.19. The van der Waals surface area contributed by atoms with E-state index in [2.05, 4.69) is 15.6 Å². The van der Waals surface area contributed by atoms with Gasteiger partial charge in [-0.25, -0.2) is 9.37 Å². The number of para-hydroxylation sites is 1. The molecule has 140 valence electrons. The second-order valence-electron chi connectivity index (χ2n) is 6.19. The van der Waals surface area contributed by atoms with Crippen molar-refractivity contribution in [2.45, 2.75) is 25.7 Å². The van der Waals surface area contributed by atoms with Gasteiger partial charge in [0, 0.05) is 26.4 Å². The highest BCUT2D eigenvalue weighted by molar-refractivity contribution is 5.85. The first kappa shape index (κ1) is 21.7. The number of carbonyl (C=O) groups excluding carboxylic acids is 1. The lowest BCUT2D eigenvalue weighted by Crippen LogP contribution is -2.26. The summed E-state index contributed by atoms with van der Waals surface area (Å²) in [6.07, 6.45) is 3.28. The number of nitrogens with zero attached hydrogens (tertiary/aromatic N) is 2. The largest absolute Gasteiger partial charge is 0.356 e. The Labute approximate surface area is 159 Å². The monoisotopic (exact) mass is 390 g/mol. The van der Waals surface area contributed by atoms with Crippen LogP contribution in [0.1, 0.15) is 25.1 Å². The Morgan fingerprint density at radius 3 is 2.92 bits per heavy atom. The predicted octanol–water partition coefficient (Wildman–Crippen LogP) is 2.60. The molecular formula is C17H25Cl2FN4O. The summed E-state index contributed by atoms with van der Waals surface area (Å²) in [6.45, 7) is 2.62. The first-order valence-electron chi connectivity index (χ1n) is 8.22. The molecule has 1 fully saturated rings. The first-order chi connectivity index (χ1) is 11.1. The van der Waals surface area contributed by atoms with Gasteiger partial charge in [-0.05, 0) is 44.0 Å². The van der Waals surface area contributed by atoms with Gasteiger partial charge in [-0.3, -0.25) is 4.79 Å². The van der Waals surface area contributed by atoms with Gasteiger partial charge in [-0.2, -0.15) is 0 Å². The minimum atomic E-state index is -0.307. The molecule has 1 aromatic heterocycles. The van der Waals surface area contributed by atoms with E-state index >= 15 is 0 Å². The average molecular weight is 391 g/mol. The van der Waals surface area contributed by atoms with Gasteiger partial charge >= 0.3 is 0 Å². The molecule has 1 aromatic carbocycles. The zero-order valence-corrected chi connectivity index (χ0v) is 15.9. The molecular weight excluding hydrogens is 366 g/mol. The highest BCUT2D eigenvalue weighted by Crippen LogP contribution is 2.18. The number of benzene rings is 1. The SMILES string of the molecule is Cl.Cl.Cn1c(CCNC(=O)CCC2CCNC2)nc2c(F)cccc21. The van der Waals surface area contributed by atoms with Gasteiger partial charge in [0.1, 0.15) is 11.3 Å².